The summed E-state index contributed by atoms with van der Waals surface area (Å²) < 4.78 is 4.86. The molecule has 0 saturated carbocycles. The van der Waals surface area contributed by atoms with Gasteiger partial charge in [-0.1, -0.05) is 12.1 Å². The first-order valence-corrected chi connectivity index (χ1v) is 5.19. The zero-order valence-corrected chi connectivity index (χ0v) is 9.86. The summed E-state index contributed by atoms with van der Waals surface area (Å²) in [6.07, 6.45) is 0. The van der Waals surface area contributed by atoms with E-state index >= 15 is 0 Å². The summed E-state index contributed by atoms with van der Waals surface area (Å²) >= 11 is 0. The molecule has 16 heavy (non-hydrogen) atoms. The Morgan fingerprint density at radius 2 is 2.12 bits per heavy atom. The minimum atomic E-state index is -0.486. The second kappa shape index (κ2) is 5.51. The number of benzene rings is 1. The number of phenolic OH excluding ortho intramolecular Hbond substituents is 1. The fourth-order valence-electron chi connectivity index (χ4n) is 1.43. The highest BCUT2D eigenvalue weighted by molar-refractivity contribution is 5.92. The first kappa shape index (κ1) is 12.5. The number of carbonyl (C=O) groups is 1. The maximum Gasteiger partial charge on any atom is 0.341 e. The SMILES string of the molecule is CCOC(=O)c1cccc(CN(C)C)c1O. The lowest BCUT2D eigenvalue weighted by atomic mass is 10.1. The average Bonchev–Trinajstić information content (AvgIpc) is 2.21. The van der Waals surface area contributed by atoms with Crippen LogP contribution in [0.2, 0.25) is 0 Å². The van der Waals surface area contributed by atoms with Gasteiger partial charge in [0.25, 0.3) is 0 Å². The fraction of sp³-hybridized carbons (Fsp3) is 0.417. The Morgan fingerprint density at radius 1 is 1.44 bits per heavy atom. The van der Waals surface area contributed by atoms with Crippen molar-refractivity contribution in [2.75, 3.05) is 20.7 Å². The number of hydrogen-bond donors (Lipinski definition) is 1. The van der Waals surface area contributed by atoms with Crippen LogP contribution in [0.5, 0.6) is 5.75 Å². The van der Waals surface area contributed by atoms with Crippen LogP contribution in [0.3, 0.4) is 0 Å². The number of rotatable bonds is 4. The minimum Gasteiger partial charge on any atom is -0.507 e. The van der Waals surface area contributed by atoms with E-state index in [0.717, 1.165) is 5.56 Å². The first-order valence-electron chi connectivity index (χ1n) is 5.19. The second-order valence-corrected chi connectivity index (χ2v) is 3.77. The number of phenols is 1. The summed E-state index contributed by atoms with van der Waals surface area (Å²) in [4.78, 5) is 13.4. The minimum absolute atomic E-state index is 0.00894. The van der Waals surface area contributed by atoms with Gasteiger partial charge in [0.1, 0.15) is 11.3 Å². The fourth-order valence-corrected chi connectivity index (χ4v) is 1.43. The molecule has 0 aromatic heterocycles. The van der Waals surface area contributed by atoms with E-state index in [4.69, 9.17) is 4.74 Å². The third-order valence-electron chi connectivity index (χ3n) is 2.10. The number of carbonyl (C=O) groups excluding carboxylic acids is 1. The van der Waals surface area contributed by atoms with Crippen LogP contribution in [0.1, 0.15) is 22.8 Å². The number of hydrogen-bond acceptors (Lipinski definition) is 4. The summed E-state index contributed by atoms with van der Waals surface area (Å²) in [5, 5.41) is 9.91. The molecule has 0 bridgehead atoms. The largest absolute Gasteiger partial charge is 0.507 e. The van der Waals surface area contributed by atoms with Gasteiger partial charge in [0.05, 0.1) is 6.61 Å². The monoisotopic (exact) mass is 223 g/mol. The quantitative estimate of drug-likeness (QED) is 0.788. The molecule has 0 radical (unpaired) electrons. The molecule has 1 N–H and O–H groups in total. The predicted molar refractivity (Wildman–Crippen MR) is 61.5 cm³/mol. The van der Waals surface area contributed by atoms with Crippen molar-refractivity contribution in [1.82, 2.24) is 4.90 Å². The normalized spacial score (nSPS) is 10.5. The van der Waals surface area contributed by atoms with Crippen LogP contribution in [0.4, 0.5) is 0 Å². The van der Waals surface area contributed by atoms with E-state index in [1.165, 1.54) is 0 Å². The number of ether oxygens (including phenoxy) is 1. The first-order chi connectivity index (χ1) is 7.56. The van der Waals surface area contributed by atoms with Crippen molar-refractivity contribution in [2.24, 2.45) is 0 Å². The maximum absolute atomic E-state index is 11.5. The van der Waals surface area contributed by atoms with E-state index in [-0.39, 0.29) is 11.3 Å². The van der Waals surface area contributed by atoms with Gasteiger partial charge in [0, 0.05) is 12.1 Å². The molecule has 0 unspecified atom stereocenters. The predicted octanol–water partition coefficient (Wildman–Crippen LogP) is 1.63. The molecule has 0 aliphatic carbocycles. The molecule has 0 aliphatic rings. The highest BCUT2D eigenvalue weighted by atomic mass is 16.5. The van der Waals surface area contributed by atoms with Gasteiger partial charge in [0.15, 0.2) is 0 Å². The van der Waals surface area contributed by atoms with Crippen molar-refractivity contribution >= 4 is 5.97 Å². The average molecular weight is 223 g/mol. The van der Waals surface area contributed by atoms with Crippen LogP contribution in [0, 0.1) is 0 Å². The van der Waals surface area contributed by atoms with E-state index in [1.807, 2.05) is 19.0 Å². The van der Waals surface area contributed by atoms with E-state index < -0.39 is 5.97 Å². The van der Waals surface area contributed by atoms with Crippen molar-refractivity contribution in [3.63, 3.8) is 0 Å². The van der Waals surface area contributed by atoms with Gasteiger partial charge < -0.3 is 14.7 Å². The Balaban J connectivity index is 2.99. The van der Waals surface area contributed by atoms with Crippen LogP contribution in [-0.2, 0) is 11.3 Å². The zero-order valence-electron chi connectivity index (χ0n) is 9.86. The van der Waals surface area contributed by atoms with Gasteiger partial charge in [-0.25, -0.2) is 4.79 Å². The topological polar surface area (TPSA) is 49.8 Å². The van der Waals surface area contributed by atoms with Gasteiger partial charge in [-0.15, -0.1) is 0 Å². The molecule has 4 heteroatoms. The molecule has 0 heterocycles. The lowest BCUT2D eigenvalue weighted by molar-refractivity contribution is 0.0522. The number of nitrogens with zero attached hydrogens (tertiary/aromatic N) is 1. The maximum atomic E-state index is 11.5. The van der Waals surface area contributed by atoms with Gasteiger partial charge in [0.2, 0.25) is 0 Å². The van der Waals surface area contributed by atoms with Crippen molar-refractivity contribution in [3.8, 4) is 5.75 Å². The summed E-state index contributed by atoms with van der Waals surface area (Å²) in [5.41, 5.74) is 0.941. The van der Waals surface area contributed by atoms with Gasteiger partial charge in [-0.3, -0.25) is 0 Å². The van der Waals surface area contributed by atoms with E-state index in [9.17, 15) is 9.90 Å². The molecule has 0 fully saturated rings. The number of aromatic hydroxyl groups is 1. The summed E-state index contributed by atoms with van der Waals surface area (Å²) in [6, 6.07) is 5.09. The summed E-state index contributed by atoms with van der Waals surface area (Å²) in [6.45, 7) is 2.62. The lowest BCUT2D eigenvalue weighted by Crippen LogP contribution is -2.12. The molecular weight excluding hydrogens is 206 g/mol. The Kier molecular flexibility index (Phi) is 4.31. The van der Waals surface area contributed by atoms with Gasteiger partial charge >= 0.3 is 5.97 Å². The Hall–Kier alpha value is -1.55. The van der Waals surface area contributed by atoms with E-state index in [2.05, 4.69) is 0 Å². The van der Waals surface area contributed by atoms with E-state index in [1.54, 1.807) is 25.1 Å². The van der Waals surface area contributed by atoms with Crippen LogP contribution < -0.4 is 0 Å². The Labute approximate surface area is 95.5 Å². The lowest BCUT2D eigenvalue weighted by Gasteiger charge is -2.13. The third-order valence-corrected chi connectivity index (χ3v) is 2.10. The Bertz CT molecular complexity index is 375. The highest BCUT2D eigenvalue weighted by Gasteiger charge is 2.15. The van der Waals surface area contributed by atoms with Crippen molar-refractivity contribution in [1.29, 1.82) is 0 Å². The number of para-hydroxylation sites is 1. The Morgan fingerprint density at radius 3 is 2.69 bits per heavy atom. The van der Waals surface area contributed by atoms with E-state index in [0.29, 0.717) is 13.2 Å². The second-order valence-electron chi connectivity index (χ2n) is 3.77. The molecule has 0 saturated heterocycles. The van der Waals surface area contributed by atoms with Gasteiger partial charge in [-0.05, 0) is 27.1 Å². The molecule has 0 spiro atoms. The number of esters is 1. The molecule has 1 aromatic carbocycles. The molecule has 0 atom stereocenters. The molecule has 88 valence electrons. The summed E-state index contributed by atoms with van der Waals surface area (Å²) in [5.74, 6) is -0.477. The molecule has 4 nitrogen and oxygen atoms in total. The smallest absolute Gasteiger partial charge is 0.341 e. The van der Waals surface area contributed by atoms with Gasteiger partial charge in [-0.2, -0.15) is 0 Å². The van der Waals surface area contributed by atoms with Crippen LogP contribution in [-0.4, -0.2) is 36.7 Å². The summed E-state index contributed by atoms with van der Waals surface area (Å²) in [7, 11) is 3.80. The molecular formula is C12H17NO3. The van der Waals surface area contributed by atoms with Crippen LogP contribution in [0.15, 0.2) is 18.2 Å². The van der Waals surface area contributed by atoms with Crippen molar-refractivity contribution < 1.29 is 14.6 Å². The highest BCUT2D eigenvalue weighted by Crippen LogP contribution is 2.24. The van der Waals surface area contributed by atoms with Crippen molar-refractivity contribution in [2.45, 2.75) is 13.5 Å². The molecule has 0 aliphatic heterocycles. The molecule has 1 rings (SSSR count). The third kappa shape index (κ3) is 2.97. The molecule has 0 amide bonds. The zero-order chi connectivity index (χ0) is 12.1. The molecule has 1 aromatic rings. The standard InChI is InChI=1S/C12H17NO3/c1-4-16-12(15)10-7-5-6-9(11(10)14)8-13(2)3/h5-7,14H,4,8H2,1-3H3. The van der Waals surface area contributed by atoms with Crippen LogP contribution in [0.25, 0.3) is 0 Å². The van der Waals surface area contributed by atoms with Crippen LogP contribution >= 0.6 is 0 Å². The van der Waals surface area contributed by atoms with Crippen molar-refractivity contribution in [3.05, 3.63) is 29.3 Å².